The Hall–Kier alpha value is -1.75. The molecule has 0 bridgehead atoms. The van der Waals surface area contributed by atoms with Crippen molar-refractivity contribution in [1.82, 2.24) is 9.80 Å². The summed E-state index contributed by atoms with van der Waals surface area (Å²) in [6.45, 7) is 5.75. The molecule has 1 fully saturated rings. The average Bonchev–Trinajstić information content (AvgIpc) is 2.50. The molecule has 116 valence electrons. The number of hydrogen-bond donors (Lipinski definition) is 0. The topological polar surface area (TPSA) is 42.0 Å². The molecule has 2 rings (SSSR count). The van der Waals surface area contributed by atoms with Crippen LogP contribution in [0.15, 0.2) is 18.2 Å². The molecule has 21 heavy (non-hydrogen) atoms. The number of benzene rings is 1. The van der Waals surface area contributed by atoms with Gasteiger partial charge < -0.3 is 14.4 Å². The first-order valence-corrected chi connectivity index (χ1v) is 7.20. The number of piperazine rings is 1. The zero-order chi connectivity index (χ0) is 15.6. The van der Waals surface area contributed by atoms with Crippen molar-refractivity contribution in [3.05, 3.63) is 23.8 Å². The smallest absolute Gasteiger partial charge is 0.254 e. The van der Waals surface area contributed by atoms with Crippen LogP contribution in [0.5, 0.6) is 11.5 Å². The highest BCUT2D eigenvalue weighted by Crippen LogP contribution is 2.24. The molecule has 5 heteroatoms. The molecule has 0 spiro atoms. The second kappa shape index (κ2) is 6.35. The number of carbonyl (C=O) groups is 1. The van der Waals surface area contributed by atoms with Gasteiger partial charge in [0.15, 0.2) is 0 Å². The molecule has 1 saturated heterocycles. The first-order chi connectivity index (χ1) is 9.96. The summed E-state index contributed by atoms with van der Waals surface area (Å²) >= 11 is 0. The summed E-state index contributed by atoms with van der Waals surface area (Å²) in [4.78, 5) is 16.9. The van der Waals surface area contributed by atoms with Gasteiger partial charge in [0.25, 0.3) is 5.91 Å². The van der Waals surface area contributed by atoms with E-state index < -0.39 is 0 Å². The molecule has 0 radical (unpaired) electrons. The van der Waals surface area contributed by atoms with Crippen LogP contribution >= 0.6 is 0 Å². The minimum atomic E-state index is 0.0269. The second-order valence-electron chi connectivity index (χ2n) is 5.67. The number of rotatable bonds is 3. The minimum absolute atomic E-state index is 0.0269. The molecule has 1 heterocycles. The van der Waals surface area contributed by atoms with Gasteiger partial charge in [-0.25, -0.2) is 0 Å². The van der Waals surface area contributed by atoms with Crippen LogP contribution in [0.2, 0.25) is 0 Å². The largest absolute Gasteiger partial charge is 0.497 e. The third-order valence-electron chi connectivity index (χ3n) is 4.25. The molecule has 2 atom stereocenters. The van der Waals surface area contributed by atoms with Gasteiger partial charge in [-0.05, 0) is 33.0 Å². The second-order valence-corrected chi connectivity index (χ2v) is 5.67. The monoisotopic (exact) mass is 292 g/mol. The first kappa shape index (κ1) is 15.6. The van der Waals surface area contributed by atoms with Gasteiger partial charge in [-0.15, -0.1) is 0 Å². The van der Waals surface area contributed by atoms with Crippen LogP contribution in [0.3, 0.4) is 0 Å². The maximum Gasteiger partial charge on any atom is 0.254 e. The standard InChI is InChI=1S/C16H24N2O3/c1-11-9-18(10-12(2)17(11)3)16(19)13-6-14(20-4)8-15(7-13)21-5/h6-8,11-12H,9-10H2,1-5H3. The number of ether oxygens (including phenoxy) is 2. The summed E-state index contributed by atoms with van der Waals surface area (Å²) in [5.41, 5.74) is 0.607. The molecule has 5 nitrogen and oxygen atoms in total. The molecule has 0 saturated carbocycles. The van der Waals surface area contributed by atoms with Crippen molar-refractivity contribution in [2.75, 3.05) is 34.4 Å². The number of nitrogens with zero attached hydrogens (tertiary/aromatic N) is 2. The lowest BCUT2D eigenvalue weighted by atomic mass is 10.1. The van der Waals surface area contributed by atoms with Crippen molar-refractivity contribution in [3.8, 4) is 11.5 Å². The number of likely N-dealkylation sites (N-methyl/N-ethyl adjacent to an activating group) is 1. The predicted octanol–water partition coefficient (Wildman–Crippen LogP) is 1.87. The molecule has 1 aliphatic rings. The maximum atomic E-state index is 12.7. The van der Waals surface area contributed by atoms with E-state index >= 15 is 0 Å². The van der Waals surface area contributed by atoms with Crippen molar-refractivity contribution in [3.63, 3.8) is 0 Å². The van der Waals surface area contributed by atoms with Crippen LogP contribution in [0.1, 0.15) is 24.2 Å². The van der Waals surface area contributed by atoms with E-state index in [1.165, 1.54) is 0 Å². The Bertz CT molecular complexity index is 484. The molecular formula is C16H24N2O3. The number of methoxy groups -OCH3 is 2. The fourth-order valence-electron chi connectivity index (χ4n) is 2.68. The zero-order valence-corrected chi connectivity index (χ0v) is 13.4. The summed E-state index contributed by atoms with van der Waals surface area (Å²) in [7, 11) is 5.28. The van der Waals surface area contributed by atoms with Crippen molar-refractivity contribution in [2.45, 2.75) is 25.9 Å². The van der Waals surface area contributed by atoms with E-state index in [1.54, 1.807) is 32.4 Å². The van der Waals surface area contributed by atoms with Crippen LogP contribution in [0.25, 0.3) is 0 Å². The van der Waals surface area contributed by atoms with E-state index in [0.717, 1.165) is 13.1 Å². The van der Waals surface area contributed by atoms with E-state index in [4.69, 9.17) is 9.47 Å². The van der Waals surface area contributed by atoms with Crippen molar-refractivity contribution < 1.29 is 14.3 Å². The first-order valence-electron chi connectivity index (χ1n) is 7.20. The highest BCUT2D eigenvalue weighted by atomic mass is 16.5. The average molecular weight is 292 g/mol. The number of hydrogen-bond acceptors (Lipinski definition) is 4. The molecule has 1 aromatic rings. The quantitative estimate of drug-likeness (QED) is 0.853. The highest BCUT2D eigenvalue weighted by molar-refractivity contribution is 5.95. The van der Waals surface area contributed by atoms with E-state index in [0.29, 0.717) is 29.1 Å². The molecular weight excluding hydrogens is 268 g/mol. The van der Waals surface area contributed by atoms with E-state index in [9.17, 15) is 4.79 Å². The zero-order valence-electron chi connectivity index (χ0n) is 13.4. The van der Waals surface area contributed by atoms with Crippen LogP contribution in [0.4, 0.5) is 0 Å². The lowest BCUT2D eigenvalue weighted by Crippen LogP contribution is -2.56. The maximum absolute atomic E-state index is 12.7. The predicted molar refractivity (Wildman–Crippen MR) is 82.1 cm³/mol. The van der Waals surface area contributed by atoms with Crippen molar-refractivity contribution in [2.24, 2.45) is 0 Å². The molecule has 0 aliphatic carbocycles. The van der Waals surface area contributed by atoms with Crippen LogP contribution in [-0.4, -0.2) is 62.1 Å². The van der Waals surface area contributed by atoms with Crippen LogP contribution in [-0.2, 0) is 0 Å². The number of amides is 1. The third-order valence-corrected chi connectivity index (χ3v) is 4.25. The Kier molecular flexibility index (Phi) is 4.73. The summed E-state index contributed by atoms with van der Waals surface area (Å²) in [5, 5.41) is 0. The SMILES string of the molecule is COc1cc(OC)cc(C(=O)N2CC(C)N(C)C(C)C2)c1. The highest BCUT2D eigenvalue weighted by Gasteiger charge is 2.30. The van der Waals surface area contributed by atoms with Crippen molar-refractivity contribution >= 4 is 5.91 Å². The fourth-order valence-corrected chi connectivity index (χ4v) is 2.68. The Labute approximate surface area is 126 Å². The van der Waals surface area contributed by atoms with Gasteiger partial charge in [0, 0.05) is 36.8 Å². The summed E-state index contributed by atoms with van der Waals surface area (Å²) < 4.78 is 10.5. The lowest BCUT2D eigenvalue weighted by Gasteiger charge is -2.42. The third kappa shape index (κ3) is 3.29. The van der Waals surface area contributed by atoms with E-state index in [-0.39, 0.29) is 5.91 Å². The van der Waals surface area contributed by atoms with E-state index in [1.807, 2.05) is 4.90 Å². The van der Waals surface area contributed by atoms with E-state index in [2.05, 4.69) is 25.8 Å². The van der Waals surface area contributed by atoms with Gasteiger partial charge in [0.1, 0.15) is 11.5 Å². The Morgan fingerprint density at radius 2 is 1.52 bits per heavy atom. The molecule has 0 aromatic heterocycles. The van der Waals surface area contributed by atoms with Gasteiger partial charge in [-0.3, -0.25) is 9.69 Å². The normalized spacial score (nSPS) is 23.0. The molecule has 1 amide bonds. The molecule has 0 N–H and O–H groups in total. The fraction of sp³-hybridized carbons (Fsp3) is 0.562. The van der Waals surface area contributed by atoms with Gasteiger partial charge in [-0.2, -0.15) is 0 Å². The van der Waals surface area contributed by atoms with Gasteiger partial charge in [0.05, 0.1) is 14.2 Å². The van der Waals surface area contributed by atoms with Gasteiger partial charge in [0.2, 0.25) is 0 Å². The lowest BCUT2D eigenvalue weighted by molar-refractivity contribution is 0.0414. The Balaban J connectivity index is 2.23. The molecule has 2 unspecified atom stereocenters. The molecule has 1 aliphatic heterocycles. The van der Waals surface area contributed by atoms with Crippen molar-refractivity contribution in [1.29, 1.82) is 0 Å². The minimum Gasteiger partial charge on any atom is -0.497 e. The van der Waals surface area contributed by atoms with Crippen LogP contribution < -0.4 is 9.47 Å². The Morgan fingerprint density at radius 3 is 1.95 bits per heavy atom. The van der Waals surface area contributed by atoms with Gasteiger partial charge in [-0.1, -0.05) is 0 Å². The molecule has 1 aromatic carbocycles. The summed E-state index contributed by atoms with van der Waals surface area (Å²) in [6.07, 6.45) is 0. The van der Waals surface area contributed by atoms with Crippen LogP contribution in [0, 0.1) is 0 Å². The summed E-state index contributed by atoms with van der Waals surface area (Å²) in [6, 6.07) is 6.00. The summed E-state index contributed by atoms with van der Waals surface area (Å²) in [5.74, 6) is 1.29. The van der Waals surface area contributed by atoms with Gasteiger partial charge >= 0.3 is 0 Å². The number of carbonyl (C=O) groups excluding carboxylic acids is 1. The Morgan fingerprint density at radius 1 is 1.05 bits per heavy atom.